The van der Waals surface area contributed by atoms with Crippen LogP contribution >= 0.6 is 0 Å². The summed E-state index contributed by atoms with van der Waals surface area (Å²) in [6.07, 6.45) is 6.73. The molecule has 3 heterocycles. The van der Waals surface area contributed by atoms with E-state index in [2.05, 4.69) is 9.97 Å². The molecule has 33 heavy (non-hydrogen) atoms. The van der Waals surface area contributed by atoms with Gasteiger partial charge in [-0.1, -0.05) is 18.2 Å². The molecule has 0 saturated carbocycles. The Morgan fingerprint density at radius 2 is 1.82 bits per heavy atom. The van der Waals surface area contributed by atoms with Gasteiger partial charge >= 0.3 is 0 Å². The van der Waals surface area contributed by atoms with Gasteiger partial charge < -0.3 is 14.7 Å². The Morgan fingerprint density at radius 3 is 2.52 bits per heavy atom. The summed E-state index contributed by atoms with van der Waals surface area (Å²) in [4.78, 5) is 24.4. The number of nitrogens with zero attached hydrogens (tertiary/aromatic N) is 4. The first-order chi connectivity index (χ1) is 16.0. The van der Waals surface area contributed by atoms with Gasteiger partial charge in [0.2, 0.25) is 5.95 Å². The van der Waals surface area contributed by atoms with Crippen molar-refractivity contribution in [2.75, 3.05) is 32.6 Å². The van der Waals surface area contributed by atoms with Crippen LogP contribution < -0.4 is 0 Å². The van der Waals surface area contributed by atoms with E-state index in [-0.39, 0.29) is 11.7 Å². The lowest BCUT2D eigenvalue weighted by atomic mass is 10.1. The zero-order valence-electron chi connectivity index (χ0n) is 18.0. The number of aromatic hydroxyl groups is 1. The molecule has 1 fully saturated rings. The third-order valence-electron chi connectivity index (χ3n) is 5.66. The van der Waals surface area contributed by atoms with Gasteiger partial charge in [0, 0.05) is 54.4 Å². The van der Waals surface area contributed by atoms with Crippen molar-refractivity contribution in [2.45, 2.75) is 4.90 Å². The number of fused-ring (bicyclic) bond motifs is 1. The lowest BCUT2D eigenvalue weighted by molar-refractivity contribution is 0.0303. The summed E-state index contributed by atoms with van der Waals surface area (Å²) in [5, 5.41) is 10.5. The normalized spacial score (nSPS) is 15.0. The molecule has 4 aromatic rings. The molecule has 5 rings (SSSR count). The van der Waals surface area contributed by atoms with E-state index in [1.54, 1.807) is 64.6 Å². The Hall–Kier alpha value is -3.56. The predicted molar refractivity (Wildman–Crippen MR) is 125 cm³/mol. The summed E-state index contributed by atoms with van der Waals surface area (Å²) in [5.41, 5.74) is 2.82. The van der Waals surface area contributed by atoms with Gasteiger partial charge in [0.25, 0.3) is 5.91 Å². The Balaban J connectivity index is 1.56. The van der Waals surface area contributed by atoms with E-state index in [1.165, 1.54) is 0 Å². The number of morpholine rings is 1. The van der Waals surface area contributed by atoms with E-state index < -0.39 is 10.8 Å². The topological polar surface area (TPSA) is 97.6 Å². The van der Waals surface area contributed by atoms with Crippen LogP contribution in [0.5, 0.6) is 5.75 Å². The second-order valence-electron chi connectivity index (χ2n) is 7.78. The van der Waals surface area contributed by atoms with Gasteiger partial charge in [0.05, 0.1) is 34.4 Å². The number of phenolic OH excluding ortho intramolecular Hbond substituents is 1. The zero-order valence-corrected chi connectivity index (χ0v) is 18.8. The number of carbonyl (C=O) groups excluding carboxylic acids is 1. The standard InChI is InChI=1S/C24H22N4O4S/c1-33(31)22-15-28(24-25-13-18(14-26-24)16-3-2-4-19(29)11-16)21-12-17(5-6-20(21)22)23(30)27-7-9-32-10-8-27/h2-6,11-15,29H,7-10H2,1H3. The highest BCUT2D eigenvalue weighted by Gasteiger charge is 2.21. The van der Waals surface area contributed by atoms with E-state index in [0.29, 0.717) is 48.2 Å². The van der Waals surface area contributed by atoms with Gasteiger partial charge in [-0.15, -0.1) is 0 Å². The molecule has 2 aromatic heterocycles. The summed E-state index contributed by atoms with van der Waals surface area (Å²) in [6.45, 7) is 2.18. The van der Waals surface area contributed by atoms with Crippen LogP contribution in [0.1, 0.15) is 10.4 Å². The van der Waals surface area contributed by atoms with E-state index in [9.17, 15) is 14.1 Å². The van der Waals surface area contributed by atoms with E-state index in [1.807, 2.05) is 12.1 Å². The molecule has 2 aromatic carbocycles. The zero-order chi connectivity index (χ0) is 22.9. The SMILES string of the molecule is CS(=O)c1cn(-c2ncc(-c3cccc(O)c3)cn2)c2cc(C(=O)N3CCOCC3)ccc12. The summed E-state index contributed by atoms with van der Waals surface area (Å²) in [6, 6.07) is 12.3. The predicted octanol–water partition coefficient (Wildman–Crippen LogP) is 3.00. The fourth-order valence-corrected chi connectivity index (χ4v) is 4.69. The molecule has 1 amide bonds. The largest absolute Gasteiger partial charge is 0.508 e. The molecule has 0 radical (unpaired) electrons. The van der Waals surface area contributed by atoms with E-state index >= 15 is 0 Å². The van der Waals surface area contributed by atoms with Crippen LogP contribution in [-0.2, 0) is 15.5 Å². The number of amides is 1. The Morgan fingerprint density at radius 1 is 1.06 bits per heavy atom. The maximum atomic E-state index is 13.0. The number of aromatic nitrogens is 3. The molecule has 1 atom stereocenters. The molecule has 9 heteroatoms. The molecule has 0 aliphatic carbocycles. The lowest BCUT2D eigenvalue weighted by Gasteiger charge is -2.26. The molecule has 0 bridgehead atoms. The van der Waals surface area contributed by atoms with Crippen molar-refractivity contribution in [3.8, 4) is 22.8 Å². The number of phenols is 1. The first kappa shape index (κ1) is 21.3. The summed E-state index contributed by atoms with van der Waals surface area (Å²) >= 11 is 0. The van der Waals surface area contributed by atoms with E-state index in [4.69, 9.17) is 4.74 Å². The Kier molecular flexibility index (Phi) is 5.65. The fraction of sp³-hybridized carbons (Fsp3) is 0.208. The average Bonchev–Trinajstić information content (AvgIpc) is 3.23. The van der Waals surface area contributed by atoms with E-state index in [0.717, 1.165) is 16.5 Å². The van der Waals surface area contributed by atoms with Crippen molar-refractivity contribution >= 4 is 27.6 Å². The average molecular weight is 463 g/mol. The number of rotatable bonds is 4. The highest BCUT2D eigenvalue weighted by Crippen LogP contribution is 2.28. The van der Waals surface area contributed by atoms with Crippen LogP contribution in [0.25, 0.3) is 28.0 Å². The summed E-state index contributed by atoms with van der Waals surface area (Å²) < 4.78 is 19.5. The number of benzene rings is 2. The maximum absolute atomic E-state index is 13.0. The molecule has 1 N–H and O–H groups in total. The molecule has 1 saturated heterocycles. The first-order valence-electron chi connectivity index (χ1n) is 10.5. The van der Waals surface area contributed by atoms with Crippen LogP contribution in [0, 0.1) is 0 Å². The minimum absolute atomic E-state index is 0.0627. The quantitative estimate of drug-likeness (QED) is 0.501. The number of hydrogen-bond acceptors (Lipinski definition) is 6. The van der Waals surface area contributed by atoms with Gasteiger partial charge in [-0.2, -0.15) is 0 Å². The van der Waals surface area contributed by atoms with Crippen molar-refractivity contribution in [2.24, 2.45) is 0 Å². The van der Waals surface area contributed by atoms with Crippen molar-refractivity contribution < 1.29 is 18.8 Å². The van der Waals surface area contributed by atoms with Crippen LogP contribution in [0.15, 0.2) is 66.0 Å². The van der Waals surface area contributed by atoms with Crippen molar-refractivity contribution in [3.05, 3.63) is 66.6 Å². The van der Waals surface area contributed by atoms with Crippen LogP contribution in [0.3, 0.4) is 0 Å². The highest BCUT2D eigenvalue weighted by molar-refractivity contribution is 7.84. The maximum Gasteiger partial charge on any atom is 0.254 e. The second-order valence-corrected chi connectivity index (χ2v) is 9.12. The number of hydrogen-bond donors (Lipinski definition) is 1. The van der Waals surface area contributed by atoms with Crippen molar-refractivity contribution in [1.82, 2.24) is 19.4 Å². The molecule has 8 nitrogen and oxygen atoms in total. The molecule has 1 unspecified atom stereocenters. The van der Waals surface area contributed by atoms with Crippen LogP contribution in [0.2, 0.25) is 0 Å². The molecular weight excluding hydrogens is 440 g/mol. The smallest absolute Gasteiger partial charge is 0.254 e. The van der Waals surface area contributed by atoms with Gasteiger partial charge in [-0.05, 0) is 29.8 Å². The monoisotopic (exact) mass is 462 g/mol. The molecule has 168 valence electrons. The Bertz CT molecular complexity index is 1360. The van der Waals surface area contributed by atoms with Crippen molar-refractivity contribution in [3.63, 3.8) is 0 Å². The minimum atomic E-state index is -1.23. The molecule has 0 spiro atoms. The minimum Gasteiger partial charge on any atom is -0.508 e. The van der Waals surface area contributed by atoms with Gasteiger partial charge in [0.15, 0.2) is 0 Å². The van der Waals surface area contributed by atoms with Crippen LogP contribution in [0.4, 0.5) is 0 Å². The third kappa shape index (κ3) is 4.12. The third-order valence-corrected chi connectivity index (χ3v) is 6.60. The van der Waals surface area contributed by atoms with Gasteiger partial charge in [-0.3, -0.25) is 13.6 Å². The number of carbonyl (C=O) groups is 1. The lowest BCUT2D eigenvalue weighted by Crippen LogP contribution is -2.40. The summed E-state index contributed by atoms with van der Waals surface area (Å²) in [5.74, 6) is 0.504. The van der Waals surface area contributed by atoms with Crippen molar-refractivity contribution in [1.29, 1.82) is 0 Å². The van der Waals surface area contributed by atoms with Gasteiger partial charge in [-0.25, -0.2) is 9.97 Å². The first-order valence-corrected chi connectivity index (χ1v) is 12.0. The number of ether oxygens (including phenoxy) is 1. The summed E-state index contributed by atoms with van der Waals surface area (Å²) in [7, 11) is -1.23. The highest BCUT2D eigenvalue weighted by atomic mass is 32.2. The Labute approximate surface area is 192 Å². The molecule has 1 aliphatic rings. The molecule has 1 aliphatic heterocycles. The van der Waals surface area contributed by atoms with Gasteiger partial charge in [0.1, 0.15) is 5.75 Å². The van der Waals surface area contributed by atoms with Crippen LogP contribution in [-0.4, -0.2) is 67.2 Å². The second kappa shape index (κ2) is 8.76. The molecular formula is C24H22N4O4S. The fourth-order valence-electron chi connectivity index (χ4n) is 3.95.